The smallest absolute Gasteiger partial charge is 0.274 e. The summed E-state index contributed by atoms with van der Waals surface area (Å²) in [6, 6.07) is 10.3. The highest BCUT2D eigenvalue weighted by atomic mass is 32.2. The topological polar surface area (TPSA) is 101 Å². The van der Waals surface area contributed by atoms with Crippen molar-refractivity contribution < 1.29 is 21.9 Å². The van der Waals surface area contributed by atoms with Crippen LogP contribution >= 0.6 is 0 Å². The lowest BCUT2D eigenvalue weighted by atomic mass is 10.0. The van der Waals surface area contributed by atoms with Crippen LogP contribution in [-0.2, 0) is 23.4 Å². The van der Waals surface area contributed by atoms with E-state index in [9.17, 15) is 22.0 Å². The minimum Gasteiger partial charge on any atom is -0.492 e. The molecular weight excluding hydrogens is 552 g/mol. The van der Waals surface area contributed by atoms with Gasteiger partial charge in [-0.25, -0.2) is 17.2 Å². The molecule has 1 unspecified atom stereocenters. The van der Waals surface area contributed by atoms with Gasteiger partial charge in [0, 0.05) is 87.0 Å². The summed E-state index contributed by atoms with van der Waals surface area (Å²) in [4.78, 5) is 25.3. The highest BCUT2D eigenvalue weighted by Gasteiger charge is 2.57. The first-order valence-corrected chi connectivity index (χ1v) is 15.3. The molecule has 0 amide bonds. The van der Waals surface area contributed by atoms with Crippen molar-refractivity contribution >= 4 is 26.4 Å². The van der Waals surface area contributed by atoms with Crippen LogP contribution in [0.2, 0.25) is 0 Å². The zero-order valence-corrected chi connectivity index (χ0v) is 23.6. The van der Waals surface area contributed by atoms with E-state index < -0.39 is 21.7 Å². The van der Waals surface area contributed by atoms with Crippen molar-refractivity contribution in [3.05, 3.63) is 71.0 Å². The van der Waals surface area contributed by atoms with Gasteiger partial charge in [0.25, 0.3) is 11.5 Å². The zero-order valence-electron chi connectivity index (χ0n) is 22.8. The number of anilines is 1. The molecule has 41 heavy (non-hydrogen) atoms. The molecular formula is C29H31F2N5O4S. The minimum absolute atomic E-state index is 0.0702. The normalized spacial score (nSPS) is 19.0. The number of hydrogen-bond acceptors (Lipinski definition) is 7. The number of alkyl halides is 2. The van der Waals surface area contributed by atoms with Gasteiger partial charge in [-0.1, -0.05) is 0 Å². The Morgan fingerprint density at radius 2 is 1.88 bits per heavy atom. The van der Waals surface area contributed by atoms with E-state index in [4.69, 9.17) is 4.74 Å². The van der Waals surface area contributed by atoms with Crippen molar-refractivity contribution in [1.82, 2.24) is 19.4 Å². The van der Waals surface area contributed by atoms with Crippen LogP contribution in [0.4, 0.5) is 14.5 Å². The SMILES string of the molecule is Cn1cc(-c2cc(S(C)(=O)=O)ccc2OCC2CC2(F)F)c2cc(CN3CCN(c4cccnc4)CC3)[nH]c2c1=O. The van der Waals surface area contributed by atoms with E-state index in [1.54, 1.807) is 19.4 Å². The number of aromatic amines is 1. The molecule has 1 aliphatic heterocycles. The van der Waals surface area contributed by atoms with Crippen molar-refractivity contribution in [3.8, 4) is 16.9 Å². The molecule has 1 saturated heterocycles. The lowest BCUT2D eigenvalue weighted by Gasteiger charge is -2.35. The van der Waals surface area contributed by atoms with Crippen molar-refractivity contribution in [2.45, 2.75) is 23.8 Å². The maximum absolute atomic E-state index is 13.5. The number of aromatic nitrogens is 3. The van der Waals surface area contributed by atoms with Crippen molar-refractivity contribution in [3.63, 3.8) is 0 Å². The molecule has 6 rings (SSSR count). The van der Waals surface area contributed by atoms with E-state index >= 15 is 0 Å². The molecule has 2 aliphatic rings. The van der Waals surface area contributed by atoms with Gasteiger partial charge in [-0.15, -0.1) is 0 Å². The second-order valence-corrected chi connectivity index (χ2v) is 12.9. The van der Waals surface area contributed by atoms with Crippen molar-refractivity contribution in [1.29, 1.82) is 0 Å². The predicted molar refractivity (Wildman–Crippen MR) is 152 cm³/mol. The number of nitrogens with zero attached hydrogens (tertiary/aromatic N) is 4. The van der Waals surface area contributed by atoms with Gasteiger partial charge >= 0.3 is 0 Å². The van der Waals surface area contributed by atoms with Gasteiger partial charge in [-0.05, 0) is 36.4 Å². The number of ether oxygens (including phenoxy) is 1. The maximum Gasteiger partial charge on any atom is 0.274 e. The molecule has 1 atom stereocenters. The molecule has 1 aromatic carbocycles. The summed E-state index contributed by atoms with van der Waals surface area (Å²) in [7, 11) is -1.94. The van der Waals surface area contributed by atoms with Gasteiger partial charge in [-0.2, -0.15) is 0 Å². The first-order valence-electron chi connectivity index (χ1n) is 13.4. The lowest BCUT2D eigenvalue weighted by Crippen LogP contribution is -2.46. The number of aryl methyl sites for hydroxylation is 1. The second-order valence-electron chi connectivity index (χ2n) is 10.9. The van der Waals surface area contributed by atoms with E-state index in [1.165, 1.54) is 22.8 Å². The number of piperazine rings is 1. The lowest BCUT2D eigenvalue weighted by molar-refractivity contribution is 0.0857. The molecule has 1 N–H and O–H groups in total. The summed E-state index contributed by atoms with van der Waals surface area (Å²) in [6.45, 7) is 3.76. The zero-order chi connectivity index (χ0) is 28.9. The summed E-state index contributed by atoms with van der Waals surface area (Å²) >= 11 is 0. The Morgan fingerprint density at radius 3 is 2.54 bits per heavy atom. The molecule has 216 valence electrons. The van der Waals surface area contributed by atoms with Crippen LogP contribution in [-0.4, -0.2) is 72.8 Å². The van der Waals surface area contributed by atoms with Gasteiger partial charge in [-0.3, -0.25) is 14.7 Å². The molecule has 1 aliphatic carbocycles. The number of pyridine rings is 2. The number of sulfone groups is 1. The van der Waals surface area contributed by atoms with Crippen LogP contribution in [0.3, 0.4) is 0 Å². The molecule has 4 heterocycles. The Bertz CT molecular complexity index is 1760. The van der Waals surface area contributed by atoms with E-state index in [0.29, 0.717) is 28.6 Å². The monoisotopic (exact) mass is 583 g/mol. The third kappa shape index (κ3) is 5.58. The fourth-order valence-electron chi connectivity index (χ4n) is 5.35. The Kier molecular flexibility index (Phi) is 6.85. The Balaban J connectivity index is 1.32. The average molecular weight is 584 g/mol. The summed E-state index contributed by atoms with van der Waals surface area (Å²) in [5.41, 5.74) is 3.10. The number of hydrogen-bond donors (Lipinski definition) is 1. The summed E-state index contributed by atoms with van der Waals surface area (Å²) in [5.74, 6) is -3.33. The largest absolute Gasteiger partial charge is 0.492 e. The number of nitrogens with one attached hydrogen (secondary N) is 1. The molecule has 0 bridgehead atoms. The Labute approximate surface area is 236 Å². The molecule has 0 spiro atoms. The summed E-state index contributed by atoms with van der Waals surface area (Å²) < 4.78 is 59.1. The van der Waals surface area contributed by atoms with Crippen LogP contribution < -0.4 is 15.2 Å². The first-order chi connectivity index (χ1) is 19.5. The fraction of sp³-hybridized carbons (Fsp3) is 0.379. The highest BCUT2D eigenvalue weighted by molar-refractivity contribution is 7.90. The van der Waals surface area contributed by atoms with Crippen LogP contribution in [0.15, 0.2) is 64.7 Å². The van der Waals surface area contributed by atoms with Crippen LogP contribution in [0.25, 0.3) is 22.0 Å². The van der Waals surface area contributed by atoms with Crippen LogP contribution in [0.1, 0.15) is 12.1 Å². The molecule has 4 aromatic rings. The number of fused-ring (bicyclic) bond motifs is 1. The Morgan fingerprint density at radius 1 is 1.12 bits per heavy atom. The maximum atomic E-state index is 13.5. The quantitative estimate of drug-likeness (QED) is 0.338. The van der Waals surface area contributed by atoms with E-state index in [-0.39, 0.29) is 29.2 Å². The van der Waals surface area contributed by atoms with Crippen molar-refractivity contribution in [2.75, 3.05) is 43.9 Å². The highest BCUT2D eigenvalue weighted by Crippen LogP contribution is 2.49. The van der Waals surface area contributed by atoms with E-state index in [0.717, 1.165) is 43.8 Å². The molecule has 1 saturated carbocycles. The number of halogens is 2. The second kappa shape index (κ2) is 10.3. The molecule has 12 heteroatoms. The fourth-order valence-corrected chi connectivity index (χ4v) is 6.00. The average Bonchev–Trinajstić information content (AvgIpc) is 3.34. The number of benzene rings is 1. The van der Waals surface area contributed by atoms with Gasteiger partial charge < -0.3 is 19.2 Å². The van der Waals surface area contributed by atoms with E-state index in [1.807, 2.05) is 24.4 Å². The van der Waals surface area contributed by atoms with Crippen LogP contribution in [0.5, 0.6) is 5.75 Å². The molecule has 2 fully saturated rings. The van der Waals surface area contributed by atoms with Gasteiger partial charge in [0.1, 0.15) is 11.3 Å². The molecule has 0 radical (unpaired) electrons. The number of rotatable bonds is 8. The van der Waals surface area contributed by atoms with E-state index in [2.05, 4.69) is 19.8 Å². The van der Waals surface area contributed by atoms with Gasteiger partial charge in [0.2, 0.25) is 0 Å². The molecule has 9 nitrogen and oxygen atoms in total. The third-order valence-corrected chi connectivity index (χ3v) is 8.97. The minimum atomic E-state index is -3.56. The summed E-state index contributed by atoms with van der Waals surface area (Å²) in [6.07, 6.45) is 6.13. The first kappa shape index (κ1) is 27.4. The molecule has 3 aromatic heterocycles. The summed E-state index contributed by atoms with van der Waals surface area (Å²) in [5, 5.41) is 0.615. The standard InChI is InChI=1S/C29H31F2N5O4S/c1-34-17-25(23-13-22(41(2,38)39)5-6-26(23)40-18-19-14-29(19,30)31)24-12-20(33-27(24)28(34)37)16-35-8-10-36(11-9-35)21-4-3-7-32-15-21/h3-7,12-13,15,17,19,33H,8-11,14,16,18H2,1-2H3. The Hall–Kier alpha value is -3.77. The van der Waals surface area contributed by atoms with Gasteiger partial charge in [0.15, 0.2) is 9.84 Å². The number of H-pyrrole nitrogens is 1. The van der Waals surface area contributed by atoms with Crippen molar-refractivity contribution in [2.24, 2.45) is 13.0 Å². The van der Waals surface area contributed by atoms with Gasteiger partial charge in [0.05, 0.1) is 29.3 Å². The predicted octanol–water partition coefficient (Wildman–Crippen LogP) is 3.69. The third-order valence-electron chi connectivity index (χ3n) is 7.86. The van der Waals surface area contributed by atoms with Crippen LogP contribution in [0, 0.1) is 5.92 Å².